The lowest BCUT2D eigenvalue weighted by Gasteiger charge is -2.19. The lowest BCUT2D eigenvalue weighted by Crippen LogP contribution is -2.42. The highest BCUT2D eigenvalue weighted by molar-refractivity contribution is 5.79. The second-order valence-electron chi connectivity index (χ2n) is 4.05. The molecule has 8 nitrogen and oxygen atoms in total. The summed E-state index contributed by atoms with van der Waals surface area (Å²) >= 11 is 0. The van der Waals surface area contributed by atoms with E-state index < -0.39 is 22.3 Å². The molecule has 1 aliphatic rings. The smallest absolute Gasteiger partial charge is 0.346 e. The molecule has 0 aliphatic heterocycles. The number of methoxy groups -OCH3 is 1. The molecule has 1 saturated carbocycles. The van der Waals surface area contributed by atoms with E-state index in [0.29, 0.717) is 18.4 Å². The second kappa shape index (κ2) is 3.81. The summed E-state index contributed by atoms with van der Waals surface area (Å²) in [6, 6.07) is -0.899. The maximum Gasteiger partial charge on any atom is 0.346 e. The normalized spacial score (nSPS) is 18.5. The van der Waals surface area contributed by atoms with Crippen LogP contribution >= 0.6 is 0 Å². The second-order valence-corrected chi connectivity index (χ2v) is 4.05. The molecule has 2 rings (SSSR count). The Morgan fingerprint density at radius 3 is 2.88 bits per heavy atom. The Morgan fingerprint density at radius 2 is 2.41 bits per heavy atom. The Balaban J connectivity index is 2.36. The Morgan fingerprint density at radius 1 is 1.76 bits per heavy atom. The van der Waals surface area contributed by atoms with Crippen molar-refractivity contribution in [1.82, 2.24) is 10.2 Å². The first-order valence-corrected chi connectivity index (χ1v) is 5.04. The maximum absolute atomic E-state index is 11.4. The van der Waals surface area contributed by atoms with E-state index in [0.717, 1.165) is 0 Å². The van der Waals surface area contributed by atoms with Crippen LogP contribution in [0, 0.1) is 10.1 Å². The van der Waals surface area contributed by atoms with E-state index in [4.69, 9.17) is 5.73 Å². The van der Waals surface area contributed by atoms with Gasteiger partial charge in [0.25, 0.3) is 0 Å². The van der Waals surface area contributed by atoms with Gasteiger partial charge in [0.15, 0.2) is 0 Å². The number of ether oxygens (including phenoxy) is 1. The topological polar surface area (TPSA) is 124 Å². The van der Waals surface area contributed by atoms with Crippen molar-refractivity contribution in [3.8, 4) is 0 Å². The van der Waals surface area contributed by atoms with Crippen LogP contribution in [0.2, 0.25) is 0 Å². The number of nitro groups is 1. The Bertz CT molecular complexity index is 465. The van der Waals surface area contributed by atoms with E-state index >= 15 is 0 Å². The first kappa shape index (κ1) is 11.5. The number of carbonyl (C=O) groups is 1. The summed E-state index contributed by atoms with van der Waals surface area (Å²) in [7, 11) is 1.24. The quantitative estimate of drug-likeness (QED) is 0.428. The Hall–Kier alpha value is -1.96. The third-order valence-corrected chi connectivity index (χ3v) is 3.18. The lowest BCUT2D eigenvalue weighted by atomic mass is 9.90. The van der Waals surface area contributed by atoms with Gasteiger partial charge in [0.2, 0.25) is 0 Å². The van der Waals surface area contributed by atoms with Gasteiger partial charge in [0.05, 0.1) is 18.9 Å². The van der Waals surface area contributed by atoms with Crippen LogP contribution in [0.4, 0.5) is 5.82 Å². The first-order valence-electron chi connectivity index (χ1n) is 5.04. The van der Waals surface area contributed by atoms with Gasteiger partial charge in [-0.1, -0.05) is 5.10 Å². The molecule has 1 unspecified atom stereocenters. The number of carbonyl (C=O) groups excluding carboxylic acids is 1. The van der Waals surface area contributed by atoms with Crippen molar-refractivity contribution in [2.75, 3.05) is 7.11 Å². The number of H-pyrrole nitrogens is 1. The van der Waals surface area contributed by atoms with E-state index in [1.54, 1.807) is 0 Å². The van der Waals surface area contributed by atoms with Gasteiger partial charge in [-0.05, 0) is 17.8 Å². The minimum atomic E-state index is -0.899. The predicted octanol–water partition coefficient (Wildman–Crippen LogP) is -0.150. The van der Waals surface area contributed by atoms with Gasteiger partial charge in [-0.2, -0.15) is 0 Å². The van der Waals surface area contributed by atoms with E-state index in [-0.39, 0.29) is 5.82 Å². The highest BCUT2D eigenvalue weighted by atomic mass is 16.6. The van der Waals surface area contributed by atoms with Gasteiger partial charge in [-0.25, -0.2) is 0 Å². The van der Waals surface area contributed by atoms with Crippen molar-refractivity contribution in [3.05, 3.63) is 21.9 Å². The molecule has 1 heterocycles. The van der Waals surface area contributed by atoms with Gasteiger partial charge in [-0.3, -0.25) is 4.79 Å². The zero-order valence-electron chi connectivity index (χ0n) is 9.17. The van der Waals surface area contributed by atoms with Crippen LogP contribution in [0.15, 0.2) is 6.20 Å². The molecule has 0 saturated heterocycles. The van der Waals surface area contributed by atoms with E-state index in [9.17, 15) is 14.9 Å². The van der Waals surface area contributed by atoms with Crippen LogP contribution in [0.25, 0.3) is 0 Å². The van der Waals surface area contributed by atoms with Crippen molar-refractivity contribution < 1.29 is 14.5 Å². The SMILES string of the molecule is COC(=O)C(N)C1(c2cn[nH]c2[N+](=O)[O-])CC1. The number of aromatic amines is 1. The fraction of sp³-hybridized carbons (Fsp3) is 0.556. The van der Waals surface area contributed by atoms with Crippen LogP contribution in [0.1, 0.15) is 18.4 Å². The molecule has 0 spiro atoms. The average Bonchev–Trinajstić information content (AvgIpc) is 2.96. The summed E-state index contributed by atoms with van der Waals surface area (Å²) in [5, 5.41) is 16.7. The molecule has 1 aliphatic carbocycles. The summed E-state index contributed by atoms with van der Waals surface area (Å²) in [4.78, 5) is 21.7. The predicted molar refractivity (Wildman–Crippen MR) is 56.1 cm³/mol. The standard InChI is InChI=1S/C9H12N4O4/c1-17-8(14)6(10)9(2-3-9)5-4-11-12-7(5)13(15)16/h4,6H,2-3,10H2,1H3,(H,11,12). The van der Waals surface area contributed by atoms with Crippen LogP contribution in [0.3, 0.4) is 0 Å². The molecule has 8 heteroatoms. The number of nitrogens with zero attached hydrogens (tertiary/aromatic N) is 2. The van der Waals surface area contributed by atoms with Crippen molar-refractivity contribution in [1.29, 1.82) is 0 Å². The maximum atomic E-state index is 11.4. The molecule has 1 aromatic rings. The van der Waals surface area contributed by atoms with Crippen LogP contribution < -0.4 is 5.73 Å². The first-order chi connectivity index (χ1) is 8.03. The number of esters is 1. The summed E-state index contributed by atoms with van der Waals surface area (Å²) in [6.07, 6.45) is 2.58. The Labute approximate surface area is 96.3 Å². The molecule has 0 aromatic carbocycles. The van der Waals surface area contributed by atoms with Gasteiger partial charge >= 0.3 is 11.8 Å². The third-order valence-electron chi connectivity index (χ3n) is 3.18. The number of nitrogens with two attached hydrogens (primary N) is 1. The number of aromatic nitrogens is 2. The molecule has 17 heavy (non-hydrogen) atoms. The highest BCUT2D eigenvalue weighted by Gasteiger charge is 2.56. The lowest BCUT2D eigenvalue weighted by molar-refractivity contribution is -0.390. The van der Waals surface area contributed by atoms with E-state index in [1.165, 1.54) is 13.3 Å². The van der Waals surface area contributed by atoms with Gasteiger partial charge in [-0.15, -0.1) is 5.10 Å². The molecular formula is C9H12N4O4. The van der Waals surface area contributed by atoms with Crippen molar-refractivity contribution in [2.24, 2.45) is 5.73 Å². The zero-order chi connectivity index (χ0) is 12.6. The van der Waals surface area contributed by atoms with E-state index in [1.807, 2.05) is 0 Å². The van der Waals surface area contributed by atoms with Gasteiger partial charge in [0, 0.05) is 5.41 Å². The van der Waals surface area contributed by atoms with Crippen molar-refractivity contribution in [2.45, 2.75) is 24.3 Å². The molecule has 0 radical (unpaired) electrons. The number of hydrogen-bond acceptors (Lipinski definition) is 6. The fourth-order valence-electron chi connectivity index (χ4n) is 2.02. The van der Waals surface area contributed by atoms with Crippen LogP contribution in [-0.2, 0) is 14.9 Å². The van der Waals surface area contributed by atoms with Crippen molar-refractivity contribution in [3.63, 3.8) is 0 Å². The number of nitrogens with one attached hydrogen (secondary N) is 1. The summed E-state index contributed by atoms with van der Waals surface area (Å²) < 4.78 is 4.57. The van der Waals surface area contributed by atoms with Crippen molar-refractivity contribution >= 4 is 11.8 Å². The molecular weight excluding hydrogens is 228 g/mol. The van der Waals surface area contributed by atoms with Gasteiger partial charge in [0.1, 0.15) is 6.04 Å². The average molecular weight is 240 g/mol. The van der Waals surface area contributed by atoms with Crippen LogP contribution in [-0.4, -0.2) is 34.2 Å². The molecule has 1 fully saturated rings. The Kier molecular flexibility index (Phi) is 2.58. The zero-order valence-corrected chi connectivity index (χ0v) is 9.17. The van der Waals surface area contributed by atoms with E-state index in [2.05, 4.69) is 14.9 Å². The summed E-state index contributed by atoms with van der Waals surface area (Å²) in [5.41, 5.74) is 5.46. The van der Waals surface area contributed by atoms with Gasteiger partial charge < -0.3 is 20.6 Å². The highest BCUT2D eigenvalue weighted by Crippen LogP contribution is 2.52. The molecule has 1 atom stereocenters. The number of rotatable bonds is 4. The van der Waals surface area contributed by atoms with Crippen LogP contribution in [0.5, 0.6) is 0 Å². The molecule has 0 bridgehead atoms. The summed E-state index contributed by atoms with van der Waals surface area (Å²) in [5.74, 6) is -0.778. The minimum Gasteiger partial charge on any atom is -0.468 e. The molecule has 3 N–H and O–H groups in total. The number of hydrogen-bond donors (Lipinski definition) is 2. The molecule has 0 amide bonds. The minimum absolute atomic E-state index is 0.207. The summed E-state index contributed by atoms with van der Waals surface area (Å²) in [6.45, 7) is 0. The monoisotopic (exact) mass is 240 g/mol. The molecule has 92 valence electrons. The third kappa shape index (κ3) is 1.66. The largest absolute Gasteiger partial charge is 0.468 e. The molecule has 1 aromatic heterocycles. The fourth-order valence-corrected chi connectivity index (χ4v) is 2.02.